The van der Waals surface area contributed by atoms with Gasteiger partial charge in [-0.15, -0.1) is 0 Å². The molecule has 0 aliphatic carbocycles. The number of urea groups is 1. The van der Waals surface area contributed by atoms with Gasteiger partial charge < -0.3 is 10.2 Å². The summed E-state index contributed by atoms with van der Waals surface area (Å²) in [6.07, 6.45) is 1.32. The summed E-state index contributed by atoms with van der Waals surface area (Å²) in [5, 5.41) is 2.56. The van der Waals surface area contributed by atoms with Gasteiger partial charge in [0.25, 0.3) is 0 Å². The second kappa shape index (κ2) is 6.20. The van der Waals surface area contributed by atoms with Crippen LogP contribution in [0.15, 0.2) is 12.1 Å². The Bertz CT molecular complexity index is 692. The largest absolute Gasteiger partial charge is 0.335 e. The quantitative estimate of drug-likeness (QED) is 0.911. The van der Waals surface area contributed by atoms with Crippen molar-refractivity contribution in [2.75, 3.05) is 18.6 Å². The third kappa shape index (κ3) is 3.94. The van der Waals surface area contributed by atoms with Crippen LogP contribution in [0.5, 0.6) is 0 Å². The van der Waals surface area contributed by atoms with Crippen molar-refractivity contribution >= 4 is 15.9 Å². The number of amides is 2. The molecule has 0 saturated heterocycles. The summed E-state index contributed by atoms with van der Waals surface area (Å²) in [5.41, 5.74) is 0.477. The van der Waals surface area contributed by atoms with Crippen LogP contribution >= 0.6 is 0 Å². The van der Waals surface area contributed by atoms with Crippen LogP contribution in [0, 0.1) is 11.6 Å². The Kier molecular flexibility index (Phi) is 4.69. The zero-order valence-corrected chi connectivity index (χ0v) is 13.2. The lowest BCUT2D eigenvalue weighted by Crippen LogP contribution is -2.47. The highest BCUT2D eigenvalue weighted by atomic mass is 32.2. The van der Waals surface area contributed by atoms with E-state index in [1.54, 1.807) is 6.92 Å². The summed E-state index contributed by atoms with van der Waals surface area (Å²) in [4.78, 5) is 13.5. The molecule has 2 amide bonds. The van der Waals surface area contributed by atoms with E-state index < -0.39 is 33.5 Å². The lowest BCUT2D eigenvalue weighted by molar-refractivity contribution is 0.188. The number of sulfone groups is 1. The molecule has 0 saturated carbocycles. The molecule has 2 rings (SSSR count). The summed E-state index contributed by atoms with van der Waals surface area (Å²) in [5.74, 6) is -1.19. The zero-order valence-electron chi connectivity index (χ0n) is 12.4. The van der Waals surface area contributed by atoms with E-state index in [0.29, 0.717) is 5.56 Å². The maximum atomic E-state index is 13.8. The summed E-state index contributed by atoms with van der Waals surface area (Å²) >= 11 is 0. The Morgan fingerprint density at radius 1 is 1.32 bits per heavy atom. The minimum atomic E-state index is -3.20. The highest BCUT2D eigenvalue weighted by Gasteiger charge is 2.26. The number of nitrogens with one attached hydrogen (secondary N) is 1. The molecule has 0 radical (unpaired) electrons. The van der Waals surface area contributed by atoms with Gasteiger partial charge in [0.05, 0.1) is 12.3 Å². The number of carbonyl (C=O) groups is 1. The fraction of sp³-hybridized carbons (Fsp3) is 0.500. The minimum Gasteiger partial charge on any atom is -0.335 e. The summed E-state index contributed by atoms with van der Waals surface area (Å²) < 4.78 is 49.8. The molecule has 0 fully saturated rings. The molecule has 1 aromatic rings. The van der Waals surface area contributed by atoms with Gasteiger partial charge in [-0.2, -0.15) is 0 Å². The molecular formula is C14H18F2N2O3S. The van der Waals surface area contributed by atoms with Crippen molar-refractivity contribution in [2.24, 2.45) is 0 Å². The van der Waals surface area contributed by atoms with E-state index in [0.717, 1.165) is 18.4 Å². The van der Waals surface area contributed by atoms with Crippen LogP contribution in [0.2, 0.25) is 0 Å². The standard InChI is InChI=1S/C14H18F2N2O3S/c1-9(8-22(2,20)21)17-14(19)18-6-5-10-11(7-18)13(16)4-3-12(10)15/h3-4,9H,5-8H2,1-2H3,(H,17,19). The maximum Gasteiger partial charge on any atom is 0.317 e. The van der Waals surface area contributed by atoms with Gasteiger partial charge >= 0.3 is 6.03 Å². The topological polar surface area (TPSA) is 66.5 Å². The number of rotatable bonds is 3. The van der Waals surface area contributed by atoms with Gasteiger partial charge in [-0.25, -0.2) is 22.0 Å². The van der Waals surface area contributed by atoms with Crippen LogP contribution in [-0.4, -0.2) is 43.9 Å². The molecule has 0 bridgehead atoms. The van der Waals surface area contributed by atoms with Gasteiger partial charge in [0.2, 0.25) is 0 Å². The number of hydrogen-bond donors (Lipinski definition) is 1. The van der Waals surface area contributed by atoms with E-state index in [1.165, 1.54) is 4.90 Å². The van der Waals surface area contributed by atoms with Gasteiger partial charge in [-0.3, -0.25) is 0 Å². The lowest BCUT2D eigenvalue weighted by Gasteiger charge is -2.30. The average Bonchev–Trinajstić information content (AvgIpc) is 2.40. The number of benzene rings is 1. The second-order valence-corrected chi connectivity index (χ2v) is 7.79. The van der Waals surface area contributed by atoms with Gasteiger partial charge in [0.15, 0.2) is 0 Å². The number of nitrogens with zero attached hydrogens (tertiary/aromatic N) is 1. The first-order valence-electron chi connectivity index (χ1n) is 6.86. The predicted molar refractivity (Wildman–Crippen MR) is 78.2 cm³/mol. The molecule has 1 heterocycles. The van der Waals surface area contributed by atoms with Crippen LogP contribution in [0.1, 0.15) is 18.1 Å². The molecule has 0 aromatic heterocycles. The number of hydrogen-bond acceptors (Lipinski definition) is 3. The lowest BCUT2D eigenvalue weighted by atomic mass is 9.99. The predicted octanol–water partition coefficient (Wildman–Crippen LogP) is 1.47. The molecule has 1 N–H and O–H groups in total. The van der Waals surface area contributed by atoms with Crippen molar-refractivity contribution in [1.82, 2.24) is 10.2 Å². The van der Waals surface area contributed by atoms with E-state index in [4.69, 9.17) is 0 Å². The Balaban J connectivity index is 2.06. The Hall–Kier alpha value is -1.70. The van der Waals surface area contributed by atoms with Crippen LogP contribution in [0.25, 0.3) is 0 Å². The van der Waals surface area contributed by atoms with E-state index in [1.807, 2.05) is 0 Å². The van der Waals surface area contributed by atoms with E-state index in [9.17, 15) is 22.0 Å². The van der Waals surface area contributed by atoms with Gasteiger partial charge in [0.1, 0.15) is 21.5 Å². The Morgan fingerprint density at radius 3 is 2.50 bits per heavy atom. The molecule has 1 aliphatic rings. The highest BCUT2D eigenvalue weighted by Crippen LogP contribution is 2.24. The third-order valence-corrected chi connectivity index (χ3v) is 4.61. The van der Waals surface area contributed by atoms with Gasteiger partial charge in [-0.1, -0.05) is 0 Å². The smallest absolute Gasteiger partial charge is 0.317 e. The van der Waals surface area contributed by atoms with Crippen molar-refractivity contribution < 1.29 is 22.0 Å². The van der Waals surface area contributed by atoms with Crippen molar-refractivity contribution in [3.8, 4) is 0 Å². The molecule has 1 unspecified atom stereocenters. The number of carbonyl (C=O) groups excluding carboxylic acids is 1. The highest BCUT2D eigenvalue weighted by molar-refractivity contribution is 7.90. The summed E-state index contributed by atoms with van der Waals surface area (Å²) in [6.45, 7) is 1.80. The van der Waals surface area contributed by atoms with Crippen molar-refractivity contribution in [3.63, 3.8) is 0 Å². The monoisotopic (exact) mass is 332 g/mol. The SMILES string of the molecule is CC(CS(C)(=O)=O)NC(=O)N1CCc2c(F)ccc(F)c2C1. The van der Waals surface area contributed by atoms with Crippen LogP contribution in [0.3, 0.4) is 0 Å². The molecular weight excluding hydrogens is 314 g/mol. The Morgan fingerprint density at radius 2 is 1.91 bits per heavy atom. The fourth-order valence-corrected chi connectivity index (χ4v) is 3.56. The second-order valence-electron chi connectivity index (χ2n) is 5.60. The van der Waals surface area contributed by atoms with Crippen LogP contribution in [0.4, 0.5) is 13.6 Å². The van der Waals surface area contributed by atoms with Gasteiger partial charge in [-0.05, 0) is 31.0 Å². The van der Waals surface area contributed by atoms with Crippen molar-refractivity contribution in [2.45, 2.75) is 25.9 Å². The Labute approximate surface area is 128 Å². The summed E-state index contributed by atoms with van der Waals surface area (Å²) in [7, 11) is -3.20. The fourth-order valence-electron chi connectivity index (χ4n) is 2.56. The van der Waals surface area contributed by atoms with Crippen molar-refractivity contribution in [3.05, 3.63) is 34.9 Å². The molecule has 1 atom stereocenters. The van der Waals surface area contributed by atoms with E-state index in [2.05, 4.69) is 5.32 Å². The third-order valence-electron chi connectivity index (χ3n) is 3.51. The average molecular weight is 332 g/mol. The number of fused-ring (bicyclic) bond motifs is 1. The molecule has 5 nitrogen and oxygen atoms in total. The van der Waals surface area contributed by atoms with E-state index >= 15 is 0 Å². The molecule has 1 aliphatic heterocycles. The number of halogens is 2. The zero-order chi connectivity index (χ0) is 16.5. The molecule has 8 heteroatoms. The summed E-state index contributed by atoms with van der Waals surface area (Å²) in [6, 6.07) is 1.09. The molecule has 1 aromatic carbocycles. The van der Waals surface area contributed by atoms with Crippen LogP contribution in [-0.2, 0) is 22.8 Å². The van der Waals surface area contributed by atoms with Crippen LogP contribution < -0.4 is 5.32 Å². The minimum absolute atomic E-state index is 0.0314. The normalized spacial score (nSPS) is 16.1. The van der Waals surface area contributed by atoms with E-state index in [-0.39, 0.29) is 30.8 Å². The molecule has 122 valence electrons. The maximum absolute atomic E-state index is 13.8. The molecule has 22 heavy (non-hydrogen) atoms. The van der Waals surface area contributed by atoms with Crippen molar-refractivity contribution in [1.29, 1.82) is 0 Å². The first-order valence-corrected chi connectivity index (χ1v) is 8.92. The first-order chi connectivity index (χ1) is 10.2. The first kappa shape index (κ1) is 16.7. The van der Waals surface area contributed by atoms with Gasteiger partial charge in [0, 0.05) is 24.4 Å². The molecule has 0 spiro atoms.